The van der Waals surface area contributed by atoms with Crippen LogP contribution in [0, 0.1) is 13.8 Å². The predicted molar refractivity (Wildman–Crippen MR) is 48.2 cm³/mol. The molecule has 1 aromatic rings. The van der Waals surface area contributed by atoms with Gasteiger partial charge in [-0.3, -0.25) is 4.79 Å². The van der Waals surface area contributed by atoms with E-state index < -0.39 is 0 Å². The summed E-state index contributed by atoms with van der Waals surface area (Å²) in [6.07, 6.45) is 0. The molecule has 1 aromatic heterocycles. The van der Waals surface area contributed by atoms with E-state index in [0.717, 1.165) is 21.0 Å². The number of ketones is 1. The summed E-state index contributed by atoms with van der Waals surface area (Å²) < 4.78 is 0. The lowest BCUT2D eigenvalue weighted by Gasteiger charge is -1.91. The second-order valence-electron chi connectivity index (χ2n) is 2.60. The molecule has 0 bridgehead atoms. The van der Waals surface area contributed by atoms with Gasteiger partial charge in [0, 0.05) is 0 Å². The Kier molecular flexibility index (Phi) is 2.00. The Morgan fingerprint density at radius 2 is 1.91 bits per heavy atom. The quantitative estimate of drug-likeness (QED) is 0.654. The third kappa shape index (κ3) is 1.28. The first-order valence-electron chi connectivity index (χ1n) is 3.40. The van der Waals surface area contributed by atoms with Crippen molar-refractivity contribution in [2.24, 2.45) is 0 Å². The van der Waals surface area contributed by atoms with Gasteiger partial charge in [-0.2, -0.15) is 0 Å². The van der Waals surface area contributed by atoms with Crippen LogP contribution in [0.25, 0.3) is 0 Å². The molecule has 0 aliphatic heterocycles. The zero-order valence-corrected chi connectivity index (χ0v) is 7.71. The molecule has 0 amide bonds. The summed E-state index contributed by atoms with van der Waals surface area (Å²) in [5, 5.41) is 0.757. The van der Waals surface area contributed by atoms with Crippen molar-refractivity contribution in [3.05, 3.63) is 16.0 Å². The lowest BCUT2D eigenvalue weighted by molar-refractivity contribution is 0.102. The maximum absolute atomic E-state index is 11.0. The Morgan fingerprint density at radius 1 is 1.36 bits per heavy atom. The van der Waals surface area contributed by atoms with Crippen molar-refractivity contribution in [1.82, 2.24) is 0 Å². The van der Waals surface area contributed by atoms with Crippen molar-refractivity contribution in [3.63, 3.8) is 0 Å². The Hall–Kier alpha value is -0.830. The van der Waals surface area contributed by atoms with Gasteiger partial charge >= 0.3 is 0 Å². The van der Waals surface area contributed by atoms with E-state index in [0.29, 0.717) is 0 Å². The number of carbonyl (C=O) groups is 1. The van der Waals surface area contributed by atoms with E-state index in [1.165, 1.54) is 11.3 Å². The minimum Gasteiger partial charge on any atom is -0.390 e. The summed E-state index contributed by atoms with van der Waals surface area (Å²) in [5.74, 6) is 0.104. The third-order valence-corrected chi connectivity index (χ3v) is 3.13. The number of nitrogen functional groups attached to an aromatic ring is 1. The molecule has 0 fully saturated rings. The molecular formula is C8H11NOS. The maximum atomic E-state index is 11.0. The summed E-state index contributed by atoms with van der Waals surface area (Å²) in [6, 6.07) is 0. The second-order valence-corrected chi connectivity index (χ2v) is 3.65. The lowest BCUT2D eigenvalue weighted by atomic mass is 10.1. The lowest BCUT2D eigenvalue weighted by Crippen LogP contribution is -1.89. The number of nitrogens with two attached hydrogens (primary N) is 1. The van der Waals surface area contributed by atoms with Crippen LogP contribution in [-0.2, 0) is 0 Å². The average Bonchev–Trinajstić information content (AvgIpc) is 2.17. The van der Waals surface area contributed by atoms with Crippen molar-refractivity contribution < 1.29 is 4.79 Å². The van der Waals surface area contributed by atoms with Gasteiger partial charge < -0.3 is 5.73 Å². The molecule has 0 aromatic carbocycles. The van der Waals surface area contributed by atoms with E-state index in [4.69, 9.17) is 5.73 Å². The molecule has 0 aliphatic carbocycles. The van der Waals surface area contributed by atoms with Crippen LogP contribution in [0.15, 0.2) is 0 Å². The van der Waals surface area contributed by atoms with Crippen LogP contribution in [0.1, 0.15) is 27.7 Å². The summed E-state index contributed by atoms with van der Waals surface area (Å²) >= 11 is 1.38. The fraction of sp³-hybridized carbons (Fsp3) is 0.375. The molecule has 1 heterocycles. The highest BCUT2D eigenvalue weighted by molar-refractivity contribution is 7.18. The van der Waals surface area contributed by atoms with Gasteiger partial charge in [0.15, 0.2) is 5.78 Å². The van der Waals surface area contributed by atoms with Crippen molar-refractivity contribution in [2.75, 3.05) is 5.73 Å². The van der Waals surface area contributed by atoms with E-state index in [2.05, 4.69) is 0 Å². The molecule has 11 heavy (non-hydrogen) atoms. The minimum absolute atomic E-state index is 0.104. The number of carbonyl (C=O) groups excluding carboxylic acids is 1. The third-order valence-electron chi connectivity index (χ3n) is 1.80. The largest absolute Gasteiger partial charge is 0.390 e. The van der Waals surface area contributed by atoms with Gasteiger partial charge in [0.05, 0.1) is 9.88 Å². The van der Waals surface area contributed by atoms with Crippen molar-refractivity contribution >= 4 is 22.1 Å². The molecule has 3 heteroatoms. The molecule has 0 unspecified atom stereocenters. The van der Waals surface area contributed by atoms with E-state index >= 15 is 0 Å². The Balaban J connectivity index is 3.29. The van der Waals surface area contributed by atoms with Crippen LogP contribution in [0.5, 0.6) is 0 Å². The molecule has 0 aliphatic rings. The zero-order chi connectivity index (χ0) is 8.59. The number of rotatable bonds is 1. The Bertz CT molecular complexity index is 301. The molecule has 0 atom stereocenters. The number of Topliss-reactive ketones (excluding diaryl/α,β-unsaturated/α-hetero) is 1. The Morgan fingerprint density at radius 3 is 2.09 bits per heavy atom. The summed E-state index contributed by atoms with van der Waals surface area (Å²) in [5.41, 5.74) is 7.72. The van der Waals surface area contributed by atoms with Crippen LogP contribution in [0.4, 0.5) is 5.00 Å². The number of anilines is 1. The average molecular weight is 169 g/mol. The van der Waals surface area contributed by atoms with Crippen molar-refractivity contribution in [3.8, 4) is 0 Å². The van der Waals surface area contributed by atoms with Crippen LogP contribution in [-0.4, -0.2) is 5.78 Å². The molecule has 0 saturated carbocycles. The molecule has 2 nitrogen and oxygen atoms in total. The predicted octanol–water partition coefficient (Wildman–Crippen LogP) is 2.15. The zero-order valence-electron chi connectivity index (χ0n) is 6.89. The maximum Gasteiger partial charge on any atom is 0.170 e. The molecular weight excluding hydrogens is 158 g/mol. The van der Waals surface area contributed by atoms with Gasteiger partial charge in [0.1, 0.15) is 0 Å². The van der Waals surface area contributed by atoms with E-state index in [9.17, 15) is 4.79 Å². The fourth-order valence-electron chi connectivity index (χ4n) is 0.954. The smallest absolute Gasteiger partial charge is 0.170 e. The van der Waals surface area contributed by atoms with Crippen LogP contribution in [0.3, 0.4) is 0 Å². The van der Waals surface area contributed by atoms with Gasteiger partial charge in [-0.25, -0.2) is 0 Å². The van der Waals surface area contributed by atoms with E-state index in [-0.39, 0.29) is 5.78 Å². The first-order chi connectivity index (χ1) is 5.04. The van der Waals surface area contributed by atoms with Gasteiger partial charge in [0.2, 0.25) is 0 Å². The highest BCUT2D eigenvalue weighted by Gasteiger charge is 2.11. The van der Waals surface area contributed by atoms with Crippen molar-refractivity contribution in [1.29, 1.82) is 0 Å². The second kappa shape index (κ2) is 2.66. The number of thiophene rings is 1. The fourth-order valence-corrected chi connectivity index (χ4v) is 1.93. The van der Waals surface area contributed by atoms with E-state index in [1.54, 1.807) is 6.92 Å². The molecule has 2 N–H and O–H groups in total. The highest BCUT2D eigenvalue weighted by atomic mass is 32.1. The first-order valence-corrected chi connectivity index (χ1v) is 4.22. The van der Waals surface area contributed by atoms with Crippen LogP contribution in [0.2, 0.25) is 0 Å². The molecule has 0 spiro atoms. The number of hydrogen-bond donors (Lipinski definition) is 1. The first kappa shape index (κ1) is 8.27. The normalized spacial score (nSPS) is 10.1. The molecule has 1 rings (SSSR count). The topological polar surface area (TPSA) is 43.1 Å². The van der Waals surface area contributed by atoms with E-state index in [1.807, 2.05) is 13.8 Å². The summed E-state index contributed by atoms with van der Waals surface area (Å²) in [7, 11) is 0. The molecule has 0 saturated heterocycles. The SMILES string of the molecule is CC(=O)c1sc(N)c(C)c1C. The molecule has 0 radical (unpaired) electrons. The monoisotopic (exact) mass is 169 g/mol. The van der Waals surface area contributed by atoms with Gasteiger partial charge in [0.25, 0.3) is 0 Å². The number of hydrogen-bond acceptors (Lipinski definition) is 3. The van der Waals surface area contributed by atoms with Crippen LogP contribution < -0.4 is 5.73 Å². The van der Waals surface area contributed by atoms with Crippen LogP contribution >= 0.6 is 11.3 Å². The molecule has 60 valence electrons. The minimum atomic E-state index is 0.104. The highest BCUT2D eigenvalue weighted by Crippen LogP contribution is 2.29. The van der Waals surface area contributed by atoms with Gasteiger partial charge in [-0.15, -0.1) is 11.3 Å². The van der Waals surface area contributed by atoms with Crippen molar-refractivity contribution in [2.45, 2.75) is 20.8 Å². The Labute approximate surface area is 70.0 Å². The standard InChI is InChI=1S/C8H11NOS/c1-4-5(2)8(9)11-7(4)6(3)10/h9H2,1-3H3. The van der Waals surface area contributed by atoms with Gasteiger partial charge in [-0.05, 0) is 31.9 Å². The summed E-state index contributed by atoms with van der Waals surface area (Å²) in [6.45, 7) is 5.43. The summed E-state index contributed by atoms with van der Waals surface area (Å²) in [4.78, 5) is 11.8. The van der Waals surface area contributed by atoms with Gasteiger partial charge in [-0.1, -0.05) is 0 Å².